The molecule has 6 nitrogen and oxygen atoms in total. The molecule has 2 rings (SSSR count). The van der Waals surface area contributed by atoms with Gasteiger partial charge in [0.25, 0.3) is 0 Å². The van der Waals surface area contributed by atoms with Crippen molar-refractivity contribution in [2.45, 2.75) is 131 Å². The molecule has 0 bridgehead atoms. The van der Waals surface area contributed by atoms with Crippen molar-refractivity contribution in [2.75, 3.05) is 0 Å². The van der Waals surface area contributed by atoms with Gasteiger partial charge in [0.2, 0.25) is 11.8 Å². The number of rotatable bonds is 12. The molecule has 6 heteroatoms. The van der Waals surface area contributed by atoms with Crippen molar-refractivity contribution in [2.24, 2.45) is 0 Å². The van der Waals surface area contributed by atoms with E-state index in [1.54, 1.807) is 0 Å². The molecule has 40 heavy (non-hydrogen) atoms. The van der Waals surface area contributed by atoms with Gasteiger partial charge in [-0.2, -0.15) is 0 Å². The molecule has 0 unspecified atom stereocenters. The summed E-state index contributed by atoms with van der Waals surface area (Å²) in [5.41, 5.74) is 5.01. The molecular formula is C34H52N2O4. The maximum absolute atomic E-state index is 12.9. The van der Waals surface area contributed by atoms with Crippen molar-refractivity contribution >= 4 is 11.8 Å². The van der Waals surface area contributed by atoms with Crippen LogP contribution in [0.4, 0.5) is 0 Å². The molecule has 0 saturated carbocycles. The van der Waals surface area contributed by atoms with Gasteiger partial charge in [-0.25, -0.2) is 0 Å². The summed E-state index contributed by atoms with van der Waals surface area (Å²) < 4.78 is 0. The fraction of sp³-hybridized carbons (Fsp3) is 0.588. The SMILES string of the molecule is CCCCCC(NC(=O)CCc1cc(C)c(O)c(C(C)(C)C)c1)NC(=O)CCc1cc(C)c(O)c(C(C)(C)C)c1. The zero-order valence-corrected chi connectivity index (χ0v) is 26.3. The Kier molecular flexibility index (Phi) is 11.7. The van der Waals surface area contributed by atoms with Gasteiger partial charge in [-0.05, 0) is 83.7 Å². The van der Waals surface area contributed by atoms with Crippen LogP contribution in [-0.2, 0) is 33.3 Å². The number of carbonyl (C=O) groups is 2. The summed E-state index contributed by atoms with van der Waals surface area (Å²) >= 11 is 0. The highest BCUT2D eigenvalue weighted by Gasteiger charge is 2.22. The van der Waals surface area contributed by atoms with Gasteiger partial charge < -0.3 is 20.8 Å². The smallest absolute Gasteiger partial charge is 0.221 e. The summed E-state index contributed by atoms with van der Waals surface area (Å²) in [5.74, 6) is 0.427. The summed E-state index contributed by atoms with van der Waals surface area (Å²) in [6, 6.07) is 7.86. The molecule has 0 spiro atoms. The van der Waals surface area contributed by atoms with Gasteiger partial charge in [0, 0.05) is 12.8 Å². The van der Waals surface area contributed by atoms with E-state index in [4.69, 9.17) is 0 Å². The van der Waals surface area contributed by atoms with Crippen molar-refractivity contribution in [3.05, 3.63) is 57.6 Å². The summed E-state index contributed by atoms with van der Waals surface area (Å²) in [7, 11) is 0. The molecule has 0 atom stereocenters. The lowest BCUT2D eigenvalue weighted by Gasteiger charge is -2.23. The Morgan fingerprint density at radius 1 is 0.725 bits per heavy atom. The Morgan fingerprint density at radius 2 is 1.12 bits per heavy atom. The monoisotopic (exact) mass is 552 g/mol. The first-order chi connectivity index (χ1) is 18.5. The average molecular weight is 553 g/mol. The van der Waals surface area contributed by atoms with Gasteiger partial charge in [-0.15, -0.1) is 0 Å². The Hall–Kier alpha value is -3.02. The Labute approximate surface area is 242 Å². The third-order valence-corrected chi connectivity index (χ3v) is 7.38. The highest BCUT2D eigenvalue weighted by atomic mass is 16.3. The molecule has 0 saturated heterocycles. The first-order valence-electron chi connectivity index (χ1n) is 14.8. The van der Waals surface area contributed by atoms with E-state index in [1.165, 1.54) is 0 Å². The number of carbonyl (C=O) groups excluding carboxylic acids is 2. The van der Waals surface area contributed by atoms with Gasteiger partial charge in [0.05, 0.1) is 0 Å². The first kappa shape index (κ1) is 33.2. The number of nitrogens with one attached hydrogen (secondary N) is 2. The number of phenolic OH excluding ortho intramolecular Hbond substituents is 2. The molecule has 4 N–H and O–H groups in total. The quantitative estimate of drug-likeness (QED) is 0.168. The predicted octanol–water partition coefficient (Wildman–Crippen LogP) is 7.01. The number of phenols is 2. The second kappa shape index (κ2) is 14.0. The standard InChI is InChI=1S/C34H52N2O4/c1-10-11-12-13-28(35-29(37)16-14-24-18-22(2)31(39)26(20-24)33(4,5)6)36-30(38)17-15-25-19-23(3)32(40)27(21-25)34(7,8)9/h18-21,28,39-40H,10-17H2,1-9H3,(H,35,37)(H,36,38). The Bertz CT molecular complexity index is 1080. The van der Waals surface area contributed by atoms with Crippen LogP contribution in [0, 0.1) is 13.8 Å². The van der Waals surface area contributed by atoms with Crippen LogP contribution in [0.2, 0.25) is 0 Å². The summed E-state index contributed by atoms with van der Waals surface area (Å²) in [4.78, 5) is 25.8. The number of aromatic hydroxyl groups is 2. The normalized spacial score (nSPS) is 12.1. The minimum Gasteiger partial charge on any atom is -0.507 e. The number of hydrogen-bond acceptors (Lipinski definition) is 4. The maximum atomic E-state index is 12.9. The van der Waals surface area contributed by atoms with E-state index in [2.05, 4.69) is 59.1 Å². The third kappa shape index (κ3) is 9.87. The lowest BCUT2D eigenvalue weighted by atomic mass is 9.83. The van der Waals surface area contributed by atoms with Crippen LogP contribution in [0.15, 0.2) is 24.3 Å². The molecule has 0 fully saturated rings. The van der Waals surface area contributed by atoms with Gasteiger partial charge in [-0.1, -0.05) is 85.6 Å². The van der Waals surface area contributed by atoms with Crippen LogP contribution >= 0.6 is 0 Å². The number of hydrogen-bond donors (Lipinski definition) is 4. The average Bonchev–Trinajstić information content (AvgIpc) is 2.83. The number of benzene rings is 2. The van der Waals surface area contributed by atoms with Crippen LogP contribution in [-0.4, -0.2) is 28.2 Å². The van der Waals surface area contributed by atoms with E-state index in [9.17, 15) is 19.8 Å². The number of aryl methyl sites for hydroxylation is 4. The zero-order chi connectivity index (χ0) is 30.3. The second-order valence-corrected chi connectivity index (χ2v) is 13.3. The third-order valence-electron chi connectivity index (χ3n) is 7.38. The fourth-order valence-electron chi connectivity index (χ4n) is 4.97. The molecule has 0 aliphatic heterocycles. The van der Waals surface area contributed by atoms with E-state index < -0.39 is 6.17 Å². The minimum absolute atomic E-state index is 0.103. The van der Waals surface area contributed by atoms with Crippen molar-refractivity contribution < 1.29 is 19.8 Å². The molecular weight excluding hydrogens is 500 g/mol. The first-order valence-corrected chi connectivity index (χ1v) is 14.8. The summed E-state index contributed by atoms with van der Waals surface area (Å²) in [6.07, 6.45) is 5.00. The van der Waals surface area contributed by atoms with Gasteiger partial charge >= 0.3 is 0 Å². The second-order valence-electron chi connectivity index (χ2n) is 13.3. The van der Waals surface area contributed by atoms with Crippen LogP contribution < -0.4 is 10.6 Å². The molecule has 0 aliphatic carbocycles. The van der Waals surface area contributed by atoms with Crippen molar-refractivity contribution in [1.29, 1.82) is 0 Å². The lowest BCUT2D eigenvalue weighted by molar-refractivity contribution is -0.124. The molecule has 0 heterocycles. The van der Waals surface area contributed by atoms with Crippen molar-refractivity contribution in [3.8, 4) is 11.5 Å². The van der Waals surface area contributed by atoms with E-state index in [-0.39, 0.29) is 22.6 Å². The lowest BCUT2D eigenvalue weighted by Crippen LogP contribution is -2.48. The van der Waals surface area contributed by atoms with Gasteiger partial charge in [-0.3, -0.25) is 9.59 Å². The van der Waals surface area contributed by atoms with Gasteiger partial charge in [0.15, 0.2) is 0 Å². The fourth-order valence-corrected chi connectivity index (χ4v) is 4.97. The Balaban J connectivity index is 2.02. The van der Waals surface area contributed by atoms with E-state index in [0.29, 0.717) is 43.6 Å². The molecule has 2 aromatic carbocycles. The van der Waals surface area contributed by atoms with Crippen LogP contribution in [0.1, 0.15) is 120 Å². The number of amides is 2. The van der Waals surface area contributed by atoms with E-state index in [0.717, 1.165) is 52.6 Å². The molecule has 0 aromatic heterocycles. The van der Waals surface area contributed by atoms with Crippen molar-refractivity contribution in [1.82, 2.24) is 10.6 Å². The largest absolute Gasteiger partial charge is 0.507 e. The minimum atomic E-state index is -0.412. The van der Waals surface area contributed by atoms with E-state index >= 15 is 0 Å². The van der Waals surface area contributed by atoms with E-state index in [1.807, 2.05) is 38.1 Å². The Morgan fingerprint density at radius 3 is 1.48 bits per heavy atom. The maximum Gasteiger partial charge on any atom is 0.221 e. The highest BCUT2D eigenvalue weighted by molar-refractivity contribution is 5.79. The van der Waals surface area contributed by atoms with Gasteiger partial charge in [0.1, 0.15) is 17.7 Å². The van der Waals surface area contributed by atoms with Crippen molar-refractivity contribution in [3.63, 3.8) is 0 Å². The zero-order valence-electron chi connectivity index (χ0n) is 26.3. The molecule has 0 radical (unpaired) electrons. The predicted molar refractivity (Wildman–Crippen MR) is 164 cm³/mol. The summed E-state index contributed by atoms with van der Waals surface area (Å²) in [5, 5.41) is 27.1. The van der Waals surface area contributed by atoms with Crippen LogP contribution in [0.3, 0.4) is 0 Å². The topological polar surface area (TPSA) is 98.7 Å². The van der Waals surface area contributed by atoms with Crippen LogP contribution in [0.25, 0.3) is 0 Å². The van der Waals surface area contributed by atoms with Crippen LogP contribution in [0.5, 0.6) is 11.5 Å². The summed E-state index contributed by atoms with van der Waals surface area (Å²) in [6.45, 7) is 18.3. The highest BCUT2D eigenvalue weighted by Crippen LogP contribution is 2.35. The molecule has 2 aromatic rings. The molecule has 222 valence electrons. The molecule has 2 amide bonds. The number of unbranched alkanes of at least 4 members (excludes halogenated alkanes) is 2. The molecule has 0 aliphatic rings.